The SMILES string of the molecule is CCN(CC)[C@@H](CNC(=O)Nc1ccccc1[N+](=O)[O-])CC(C)C. The zero-order chi connectivity index (χ0) is 18.1. The summed E-state index contributed by atoms with van der Waals surface area (Å²) in [5.41, 5.74) is 0.0818. The molecule has 7 nitrogen and oxygen atoms in total. The quantitative estimate of drug-likeness (QED) is 0.534. The molecular formula is C17H28N4O3. The molecule has 0 spiro atoms. The van der Waals surface area contributed by atoms with Crippen LogP contribution in [0.1, 0.15) is 34.1 Å². The molecule has 0 fully saturated rings. The number of nitro benzene ring substituents is 1. The predicted octanol–water partition coefficient (Wildman–Crippen LogP) is 3.47. The lowest BCUT2D eigenvalue weighted by Crippen LogP contribution is -2.45. The fourth-order valence-electron chi connectivity index (χ4n) is 2.76. The zero-order valence-electron chi connectivity index (χ0n) is 14.9. The molecule has 0 saturated carbocycles. The Morgan fingerprint density at radius 2 is 1.88 bits per heavy atom. The Labute approximate surface area is 143 Å². The summed E-state index contributed by atoms with van der Waals surface area (Å²) in [6, 6.07) is 5.93. The summed E-state index contributed by atoms with van der Waals surface area (Å²) >= 11 is 0. The van der Waals surface area contributed by atoms with E-state index in [2.05, 4.69) is 43.2 Å². The van der Waals surface area contributed by atoms with E-state index in [1.807, 2.05) is 0 Å². The van der Waals surface area contributed by atoms with Gasteiger partial charge in [-0.3, -0.25) is 15.0 Å². The molecule has 7 heteroatoms. The molecule has 1 aromatic carbocycles. The number of nitro groups is 1. The van der Waals surface area contributed by atoms with Crippen molar-refractivity contribution >= 4 is 17.4 Å². The van der Waals surface area contributed by atoms with E-state index in [1.165, 1.54) is 12.1 Å². The summed E-state index contributed by atoms with van der Waals surface area (Å²) in [5, 5.41) is 16.4. The normalized spacial score (nSPS) is 12.2. The average molecular weight is 336 g/mol. The number of nitrogens with one attached hydrogen (secondary N) is 2. The number of hydrogen-bond acceptors (Lipinski definition) is 4. The predicted molar refractivity (Wildman–Crippen MR) is 96.3 cm³/mol. The first-order chi connectivity index (χ1) is 11.4. The van der Waals surface area contributed by atoms with Gasteiger partial charge in [0.15, 0.2) is 0 Å². The average Bonchev–Trinajstić information content (AvgIpc) is 2.53. The maximum atomic E-state index is 12.1. The molecule has 0 aromatic heterocycles. The second kappa shape index (κ2) is 9.87. The summed E-state index contributed by atoms with van der Waals surface area (Å²) in [4.78, 5) is 24.9. The van der Waals surface area contributed by atoms with Crippen molar-refractivity contribution in [3.63, 3.8) is 0 Å². The third-order valence-electron chi connectivity index (χ3n) is 3.92. The van der Waals surface area contributed by atoms with Crippen LogP contribution < -0.4 is 10.6 Å². The molecule has 1 rings (SSSR count). The van der Waals surface area contributed by atoms with Gasteiger partial charge in [0, 0.05) is 18.7 Å². The van der Waals surface area contributed by atoms with E-state index in [9.17, 15) is 14.9 Å². The lowest BCUT2D eigenvalue weighted by atomic mass is 10.0. The summed E-state index contributed by atoms with van der Waals surface area (Å²) in [7, 11) is 0. The highest BCUT2D eigenvalue weighted by molar-refractivity contribution is 5.91. The van der Waals surface area contributed by atoms with Gasteiger partial charge in [-0.05, 0) is 31.5 Å². The van der Waals surface area contributed by atoms with Crippen LogP contribution in [0, 0.1) is 16.0 Å². The first-order valence-corrected chi connectivity index (χ1v) is 8.41. The number of nitrogens with zero attached hydrogens (tertiary/aromatic N) is 2. The highest BCUT2D eigenvalue weighted by Gasteiger charge is 2.19. The topological polar surface area (TPSA) is 87.5 Å². The lowest BCUT2D eigenvalue weighted by molar-refractivity contribution is -0.383. The minimum atomic E-state index is -0.507. The molecular weight excluding hydrogens is 308 g/mol. The molecule has 2 N–H and O–H groups in total. The van der Waals surface area contributed by atoms with Crippen molar-refractivity contribution in [2.75, 3.05) is 25.0 Å². The number of carbonyl (C=O) groups is 1. The Kier molecular flexibility index (Phi) is 8.18. The van der Waals surface area contributed by atoms with E-state index in [-0.39, 0.29) is 17.4 Å². The molecule has 0 aliphatic heterocycles. The smallest absolute Gasteiger partial charge is 0.319 e. The Bertz CT molecular complexity index is 544. The van der Waals surface area contributed by atoms with Crippen molar-refractivity contribution < 1.29 is 9.72 Å². The highest BCUT2D eigenvalue weighted by atomic mass is 16.6. The fraction of sp³-hybridized carbons (Fsp3) is 0.588. The number of benzene rings is 1. The van der Waals surface area contributed by atoms with Gasteiger partial charge in [0.1, 0.15) is 5.69 Å². The molecule has 2 amide bonds. The molecule has 0 unspecified atom stereocenters. The Morgan fingerprint density at radius 3 is 2.42 bits per heavy atom. The number of likely N-dealkylation sites (N-methyl/N-ethyl adjacent to an activating group) is 1. The van der Waals surface area contributed by atoms with Crippen LogP contribution >= 0.6 is 0 Å². The molecule has 24 heavy (non-hydrogen) atoms. The summed E-state index contributed by atoms with van der Waals surface area (Å²) < 4.78 is 0. The Morgan fingerprint density at radius 1 is 1.25 bits per heavy atom. The van der Waals surface area contributed by atoms with Gasteiger partial charge in [0.25, 0.3) is 5.69 Å². The highest BCUT2D eigenvalue weighted by Crippen LogP contribution is 2.22. The van der Waals surface area contributed by atoms with Gasteiger partial charge in [0.2, 0.25) is 0 Å². The number of anilines is 1. The van der Waals surface area contributed by atoms with Crippen LogP contribution in [0.5, 0.6) is 0 Å². The number of rotatable bonds is 9. The van der Waals surface area contributed by atoms with E-state index in [0.29, 0.717) is 12.5 Å². The zero-order valence-corrected chi connectivity index (χ0v) is 14.9. The van der Waals surface area contributed by atoms with Crippen LogP contribution in [0.4, 0.5) is 16.2 Å². The van der Waals surface area contributed by atoms with E-state index >= 15 is 0 Å². The number of hydrogen-bond donors (Lipinski definition) is 2. The molecule has 0 saturated heterocycles. The van der Waals surface area contributed by atoms with E-state index in [1.54, 1.807) is 12.1 Å². The number of amides is 2. The Balaban J connectivity index is 2.68. The van der Waals surface area contributed by atoms with Crippen LogP contribution in [-0.4, -0.2) is 41.5 Å². The maximum Gasteiger partial charge on any atom is 0.319 e. The van der Waals surface area contributed by atoms with Crippen molar-refractivity contribution in [3.8, 4) is 0 Å². The molecule has 134 valence electrons. The summed E-state index contributed by atoms with van der Waals surface area (Å²) in [5.74, 6) is 0.524. The van der Waals surface area contributed by atoms with E-state index in [4.69, 9.17) is 0 Å². The van der Waals surface area contributed by atoms with Crippen molar-refractivity contribution in [1.29, 1.82) is 0 Å². The number of carbonyl (C=O) groups excluding carboxylic acids is 1. The monoisotopic (exact) mass is 336 g/mol. The second-order valence-corrected chi connectivity index (χ2v) is 6.11. The first-order valence-electron chi connectivity index (χ1n) is 8.41. The third kappa shape index (κ3) is 6.16. The standard InChI is InChI=1S/C17H28N4O3/c1-5-20(6-2)14(11-13(3)4)12-18-17(22)19-15-9-7-8-10-16(15)21(23)24/h7-10,13-14H,5-6,11-12H2,1-4H3,(H2,18,19,22)/t14-/m1/s1. The van der Waals surface area contributed by atoms with Crippen LogP contribution in [0.15, 0.2) is 24.3 Å². The van der Waals surface area contributed by atoms with Crippen molar-refractivity contribution in [3.05, 3.63) is 34.4 Å². The molecule has 0 radical (unpaired) electrons. The molecule has 0 bridgehead atoms. The first kappa shape index (κ1) is 19.9. The van der Waals surface area contributed by atoms with Crippen molar-refractivity contribution in [2.24, 2.45) is 5.92 Å². The number of urea groups is 1. The largest absolute Gasteiger partial charge is 0.336 e. The van der Waals surface area contributed by atoms with Gasteiger partial charge in [0.05, 0.1) is 4.92 Å². The summed E-state index contributed by atoms with van der Waals surface area (Å²) in [6.45, 7) is 10.9. The van der Waals surface area contributed by atoms with Crippen LogP contribution in [-0.2, 0) is 0 Å². The summed E-state index contributed by atoms with van der Waals surface area (Å²) in [6.07, 6.45) is 0.980. The molecule has 1 aromatic rings. The van der Waals surface area contributed by atoms with Gasteiger partial charge in [-0.15, -0.1) is 0 Å². The van der Waals surface area contributed by atoms with Gasteiger partial charge in [-0.25, -0.2) is 4.79 Å². The van der Waals surface area contributed by atoms with Gasteiger partial charge in [-0.1, -0.05) is 39.8 Å². The molecule has 0 heterocycles. The van der Waals surface area contributed by atoms with Gasteiger partial charge < -0.3 is 10.6 Å². The molecule has 0 aliphatic rings. The maximum absolute atomic E-state index is 12.1. The van der Waals surface area contributed by atoms with Crippen molar-refractivity contribution in [1.82, 2.24) is 10.2 Å². The van der Waals surface area contributed by atoms with Gasteiger partial charge >= 0.3 is 6.03 Å². The second-order valence-electron chi connectivity index (χ2n) is 6.11. The fourth-order valence-corrected chi connectivity index (χ4v) is 2.76. The number of para-hydroxylation sites is 2. The lowest BCUT2D eigenvalue weighted by Gasteiger charge is -2.31. The van der Waals surface area contributed by atoms with Crippen LogP contribution in [0.2, 0.25) is 0 Å². The van der Waals surface area contributed by atoms with Crippen molar-refractivity contribution in [2.45, 2.75) is 40.2 Å². The van der Waals surface area contributed by atoms with Crippen LogP contribution in [0.3, 0.4) is 0 Å². The van der Waals surface area contributed by atoms with E-state index in [0.717, 1.165) is 19.5 Å². The minimum Gasteiger partial charge on any atom is -0.336 e. The van der Waals surface area contributed by atoms with Gasteiger partial charge in [-0.2, -0.15) is 0 Å². The van der Waals surface area contributed by atoms with E-state index < -0.39 is 11.0 Å². The molecule has 1 atom stereocenters. The molecule has 0 aliphatic carbocycles. The minimum absolute atomic E-state index is 0.116. The Hall–Kier alpha value is -2.15. The third-order valence-corrected chi connectivity index (χ3v) is 3.92. The van der Waals surface area contributed by atoms with Crippen LogP contribution in [0.25, 0.3) is 0 Å².